The van der Waals surface area contributed by atoms with Gasteiger partial charge in [-0.15, -0.1) is 0 Å². The fraction of sp³-hybridized carbons (Fsp3) is 0.938. The van der Waals surface area contributed by atoms with Gasteiger partial charge < -0.3 is 16.0 Å². The molecule has 3 N–H and O–H groups in total. The Labute approximate surface area is 124 Å². The molecular weight excluding hydrogens is 250 g/mol. The molecule has 1 amide bonds. The normalized spacial score (nSPS) is 22.4. The molecule has 20 heavy (non-hydrogen) atoms. The molecule has 0 bridgehead atoms. The van der Waals surface area contributed by atoms with Gasteiger partial charge in [0.25, 0.3) is 0 Å². The zero-order valence-electron chi connectivity index (χ0n) is 13.8. The van der Waals surface area contributed by atoms with Gasteiger partial charge in [0, 0.05) is 6.54 Å². The Morgan fingerprint density at radius 2 is 1.80 bits per heavy atom. The van der Waals surface area contributed by atoms with Gasteiger partial charge in [0.15, 0.2) is 0 Å². The molecule has 0 aromatic rings. The number of nitrogens with zero attached hydrogens (tertiary/aromatic N) is 1. The Morgan fingerprint density at radius 3 is 2.20 bits per heavy atom. The highest BCUT2D eigenvalue weighted by atomic mass is 16.1. The number of amides is 1. The number of likely N-dealkylation sites (tertiary alicyclic amines) is 1. The first-order chi connectivity index (χ1) is 9.41. The molecule has 4 nitrogen and oxygen atoms in total. The maximum atomic E-state index is 11.8. The Hall–Kier alpha value is -0.610. The van der Waals surface area contributed by atoms with E-state index < -0.39 is 5.54 Å². The van der Waals surface area contributed by atoms with E-state index in [1.165, 1.54) is 25.7 Å². The van der Waals surface area contributed by atoms with Crippen LogP contribution < -0.4 is 11.1 Å². The van der Waals surface area contributed by atoms with E-state index in [2.05, 4.69) is 31.0 Å². The molecular formula is C16H33N3O. The molecule has 4 heteroatoms. The van der Waals surface area contributed by atoms with Crippen LogP contribution in [0.25, 0.3) is 0 Å². The van der Waals surface area contributed by atoms with Gasteiger partial charge in [0.1, 0.15) is 5.54 Å². The van der Waals surface area contributed by atoms with Crippen molar-refractivity contribution in [2.75, 3.05) is 26.2 Å². The fourth-order valence-corrected chi connectivity index (χ4v) is 3.21. The minimum atomic E-state index is -0.603. The van der Waals surface area contributed by atoms with Gasteiger partial charge in [0.2, 0.25) is 5.91 Å². The summed E-state index contributed by atoms with van der Waals surface area (Å²) < 4.78 is 0. The lowest BCUT2D eigenvalue weighted by atomic mass is 9.74. The first kappa shape index (κ1) is 17.4. The summed E-state index contributed by atoms with van der Waals surface area (Å²) in [5, 5.41) is 3.33. The van der Waals surface area contributed by atoms with Crippen LogP contribution in [-0.2, 0) is 4.79 Å². The second kappa shape index (κ2) is 7.41. The van der Waals surface area contributed by atoms with Crippen molar-refractivity contribution < 1.29 is 4.79 Å². The van der Waals surface area contributed by atoms with E-state index in [1.807, 2.05) is 6.92 Å². The van der Waals surface area contributed by atoms with Crippen LogP contribution >= 0.6 is 0 Å². The largest absolute Gasteiger partial charge is 0.368 e. The number of nitrogens with two attached hydrogens (primary N) is 1. The van der Waals surface area contributed by atoms with Gasteiger partial charge in [-0.2, -0.15) is 0 Å². The Balaban J connectivity index is 2.58. The molecule has 1 unspecified atom stereocenters. The molecule has 1 aliphatic rings. The number of hydrogen-bond acceptors (Lipinski definition) is 3. The van der Waals surface area contributed by atoms with Crippen LogP contribution in [0.4, 0.5) is 0 Å². The molecule has 0 saturated carbocycles. The standard InChI is InChI=1S/C16H33N3O/c1-5-10-18-15(4,14(17)20)13-19-11-8-16(6-2,7-3)9-12-19/h18H,5-13H2,1-4H3,(H2,17,20). The van der Waals surface area contributed by atoms with Crippen LogP contribution in [0.3, 0.4) is 0 Å². The second-order valence-corrected chi connectivity index (χ2v) is 6.61. The third-order valence-electron chi connectivity index (χ3n) is 5.27. The minimum Gasteiger partial charge on any atom is -0.368 e. The highest BCUT2D eigenvalue weighted by Gasteiger charge is 2.36. The number of carbonyl (C=O) groups is 1. The summed E-state index contributed by atoms with van der Waals surface area (Å²) in [6.45, 7) is 12.4. The molecule has 0 aliphatic carbocycles. The van der Waals surface area contributed by atoms with Crippen LogP contribution in [0, 0.1) is 5.41 Å². The molecule has 1 saturated heterocycles. The molecule has 0 aromatic heterocycles. The quantitative estimate of drug-likeness (QED) is 0.717. The summed E-state index contributed by atoms with van der Waals surface area (Å²) in [6.07, 6.45) is 6.01. The predicted octanol–water partition coefficient (Wildman–Crippen LogP) is 2.13. The van der Waals surface area contributed by atoms with E-state index in [-0.39, 0.29) is 5.91 Å². The summed E-state index contributed by atoms with van der Waals surface area (Å²) in [5.41, 5.74) is 5.53. The first-order valence-electron chi connectivity index (χ1n) is 8.18. The van der Waals surface area contributed by atoms with Crippen molar-refractivity contribution in [3.8, 4) is 0 Å². The van der Waals surface area contributed by atoms with Crippen molar-refractivity contribution in [1.82, 2.24) is 10.2 Å². The van der Waals surface area contributed by atoms with Crippen LogP contribution in [0.15, 0.2) is 0 Å². The second-order valence-electron chi connectivity index (χ2n) is 6.61. The topological polar surface area (TPSA) is 58.4 Å². The lowest BCUT2D eigenvalue weighted by Gasteiger charge is -2.43. The summed E-state index contributed by atoms with van der Waals surface area (Å²) in [6, 6.07) is 0. The van der Waals surface area contributed by atoms with Crippen LogP contribution in [0.5, 0.6) is 0 Å². The van der Waals surface area contributed by atoms with Crippen molar-refractivity contribution >= 4 is 5.91 Å². The third-order valence-corrected chi connectivity index (χ3v) is 5.27. The van der Waals surface area contributed by atoms with Crippen molar-refractivity contribution in [3.63, 3.8) is 0 Å². The van der Waals surface area contributed by atoms with E-state index in [0.717, 1.165) is 32.6 Å². The first-order valence-corrected chi connectivity index (χ1v) is 8.18. The number of piperidine rings is 1. The number of rotatable bonds is 8. The number of primary amides is 1. The van der Waals surface area contributed by atoms with Crippen molar-refractivity contribution in [2.24, 2.45) is 11.1 Å². The summed E-state index contributed by atoms with van der Waals surface area (Å²) in [7, 11) is 0. The van der Waals surface area contributed by atoms with Crippen LogP contribution in [0.1, 0.15) is 59.8 Å². The molecule has 0 spiro atoms. The van der Waals surface area contributed by atoms with Crippen molar-refractivity contribution in [2.45, 2.75) is 65.3 Å². The summed E-state index contributed by atoms with van der Waals surface area (Å²) in [5.74, 6) is -0.242. The zero-order valence-corrected chi connectivity index (χ0v) is 13.8. The highest BCUT2D eigenvalue weighted by Crippen LogP contribution is 2.38. The average molecular weight is 283 g/mol. The van der Waals surface area contributed by atoms with Gasteiger partial charge in [-0.1, -0.05) is 33.6 Å². The van der Waals surface area contributed by atoms with Gasteiger partial charge >= 0.3 is 0 Å². The molecule has 1 fully saturated rings. The lowest BCUT2D eigenvalue weighted by Crippen LogP contribution is -2.60. The van der Waals surface area contributed by atoms with Crippen LogP contribution in [-0.4, -0.2) is 42.5 Å². The lowest BCUT2D eigenvalue weighted by molar-refractivity contribution is -0.124. The SMILES string of the molecule is CCCNC(C)(CN1CCC(CC)(CC)CC1)C(N)=O. The Morgan fingerprint density at radius 1 is 1.25 bits per heavy atom. The van der Waals surface area contributed by atoms with E-state index in [9.17, 15) is 4.79 Å². The summed E-state index contributed by atoms with van der Waals surface area (Å²) in [4.78, 5) is 14.2. The predicted molar refractivity (Wildman–Crippen MR) is 84.6 cm³/mol. The number of carbonyl (C=O) groups excluding carboxylic acids is 1. The van der Waals surface area contributed by atoms with Crippen molar-refractivity contribution in [1.29, 1.82) is 0 Å². The molecule has 0 aromatic carbocycles. The van der Waals surface area contributed by atoms with E-state index >= 15 is 0 Å². The minimum absolute atomic E-state index is 0.242. The maximum absolute atomic E-state index is 11.8. The van der Waals surface area contributed by atoms with Gasteiger partial charge in [-0.05, 0) is 51.2 Å². The van der Waals surface area contributed by atoms with Gasteiger partial charge in [-0.25, -0.2) is 0 Å². The zero-order chi connectivity index (χ0) is 15.2. The third kappa shape index (κ3) is 4.19. The smallest absolute Gasteiger partial charge is 0.238 e. The van der Waals surface area contributed by atoms with E-state index in [0.29, 0.717) is 5.41 Å². The summed E-state index contributed by atoms with van der Waals surface area (Å²) >= 11 is 0. The molecule has 1 aliphatic heterocycles. The van der Waals surface area contributed by atoms with Gasteiger partial charge in [0.05, 0.1) is 0 Å². The van der Waals surface area contributed by atoms with Gasteiger partial charge in [-0.3, -0.25) is 4.79 Å². The van der Waals surface area contributed by atoms with E-state index in [4.69, 9.17) is 5.73 Å². The Bertz CT molecular complexity index is 305. The monoisotopic (exact) mass is 283 g/mol. The Kier molecular flexibility index (Phi) is 6.46. The molecule has 1 rings (SSSR count). The van der Waals surface area contributed by atoms with E-state index in [1.54, 1.807) is 0 Å². The maximum Gasteiger partial charge on any atom is 0.238 e. The average Bonchev–Trinajstić information content (AvgIpc) is 2.46. The number of nitrogens with one attached hydrogen (secondary N) is 1. The highest BCUT2D eigenvalue weighted by molar-refractivity contribution is 5.84. The molecule has 1 heterocycles. The van der Waals surface area contributed by atoms with Crippen LogP contribution in [0.2, 0.25) is 0 Å². The molecule has 118 valence electrons. The molecule has 1 atom stereocenters. The van der Waals surface area contributed by atoms with Crippen molar-refractivity contribution in [3.05, 3.63) is 0 Å². The fourth-order valence-electron chi connectivity index (χ4n) is 3.21. The number of hydrogen-bond donors (Lipinski definition) is 2. The molecule has 0 radical (unpaired) electrons.